The zero-order chi connectivity index (χ0) is 32.7. The van der Waals surface area contributed by atoms with E-state index < -0.39 is 0 Å². The van der Waals surface area contributed by atoms with Gasteiger partial charge < -0.3 is 4.90 Å². The van der Waals surface area contributed by atoms with Gasteiger partial charge in [0.2, 0.25) is 0 Å². The highest BCUT2D eigenvalue weighted by Gasteiger charge is 2.35. The van der Waals surface area contributed by atoms with Gasteiger partial charge in [0.25, 0.3) is 0 Å². The van der Waals surface area contributed by atoms with E-state index in [0.717, 1.165) is 17.1 Å². The average molecular weight is 644 g/mol. The minimum atomic E-state index is -0.0956. The summed E-state index contributed by atoms with van der Waals surface area (Å²) < 4.78 is 2.66. The molecule has 10 rings (SSSR count). The Labute approximate surface area is 290 Å². The summed E-state index contributed by atoms with van der Waals surface area (Å²) in [5.41, 5.74) is 11.2. The van der Waals surface area contributed by atoms with Gasteiger partial charge in [-0.15, -0.1) is 11.3 Å². The summed E-state index contributed by atoms with van der Waals surface area (Å²) in [4.78, 5) is 2.47. The van der Waals surface area contributed by atoms with Crippen LogP contribution < -0.4 is 4.90 Å². The Bertz CT molecular complexity index is 2770. The lowest BCUT2D eigenvalue weighted by Gasteiger charge is -2.30. The second-order valence-corrected chi connectivity index (χ2v) is 14.9. The molecule has 0 bridgehead atoms. The molecule has 0 unspecified atom stereocenters. The van der Waals surface area contributed by atoms with Crippen molar-refractivity contribution >= 4 is 70.1 Å². The van der Waals surface area contributed by atoms with Gasteiger partial charge in [-0.3, -0.25) is 0 Å². The minimum Gasteiger partial charge on any atom is -0.310 e. The van der Waals surface area contributed by atoms with E-state index >= 15 is 0 Å². The summed E-state index contributed by atoms with van der Waals surface area (Å²) in [5, 5.41) is 7.67. The first kappa shape index (κ1) is 28.3. The molecule has 0 N–H and O–H groups in total. The second kappa shape index (κ2) is 10.7. The lowest BCUT2D eigenvalue weighted by atomic mass is 9.82. The smallest absolute Gasteiger partial charge is 0.0540 e. The van der Waals surface area contributed by atoms with E-state index in [4.69, 9.17) is 0 Å². The maximum Gasteiger partial charge on any atom is 0.0540 e. The highest BCUT2D eigenvalue weighted by molar-refractivity contribution is 7.25. The second-order valence-electron chi connectivity index (χ2n) is 13.8. The Hall–Kier alpha value is -5.70. The van der Waals surface area contributed by atoms with Crippen LogP contribution in [0.4, 0.5) is 17.1 Å². The molecule has 0 saturated heterocycles. The van der Waals surface area contributed by atoms with Gasteiger partial charge in [-0.2, -0.15) is 0 Å². The largest absolute Gasteiger partial charge is 0.310 e. The fraction of sp³-hybridized carbons (Fsp3) is 0.0638. The Morgan fingerprint density at radius 3 is 2.02 bits per heavy atom. The van der Waals surface area contributed by atoms with Crippen molar-refractivity contribution in [3.63, 3.8) is 0 Å². The predicted octanol–water partition coefficient (Wildman–Crippen LogP) is 13.8. The van der Waals surface area contributed by atoms with Crippen molar-refractivity contribution in [1.29, 1.82) is 0 Å². The minimum absolute atomic E-state index is 0.0956. The van der Waals surface area contributed by atoms with Crippen LogP contribution in [0.15, 0.2) is 164 Å². The number of thiophene rings is 1. The third-order valence-electron chi connectivity index (χ3n) is 10.6. The molecule has 0 saturated carbocycles. The van der Waals surface area contributed by atoms with Crippen LogP contribution in [0.1, 0.15) is 25.0 Å². The Balaban J connectivity index is 1.20. The third kappa shape index (κ3) is 4.38. The average Bonchev–Trinajstić information content (AvgIpc) is 3.61. The van der Waals surface area contributed by atoms with Gasteiger partial charge in [0.1, 0.15) is 0 Å². The van der Waals surface area contributed by atoms with Crippen molar-refractivity contribution in [1.82, 2.24) is 0 Å². The molecule has 0 spiro atoms. The van der Waals surface area contributed by atoms with E-state index in [1.165, 1.54) is 75.1 Å². The Morgan fingerprint density at radius 2 is 1.10 bits per heavy atom. The first-order chi connectivity index (χ1) is 24.0. The maximum atomic E-state index is 2.47. The first-order valence-electron chi connectivity index (χ1n) is 17.0. The van der Waals surface area contributed by atoms with Gasteiger partial charge >= 0.3 is 0 Å². The van der Waals surface area contributed by atoms with Crippen LogP contribution >= 0.6 is 11.3 Å². The highest BCUT2D eigenvalue weighted by Crippen LogP contribution is 2.51. The van der Waals surface area contributed by atoms with Crippen molar-refractivity contribution in [2.75, 3.05) is 4.90 Å². The van der Waals surface area contributed by atoms with Crippen LogP contribution in [0.25, 0.3) is 64.0 Å². The normalized spacial score (nSPS) is 13.3. The topological polar surface area (TPSA) is 3.24 Å². The zero-order valence-corrected chi connectivity index (χ0v) is 28.3. The molecule has 9 aromatic rings. The van der Waals surface area contributed by atoms with Gasteiger partial charge in [-0.1, -0.05) is 123 Å². The molecule has 1 nitrogen and oxygen atoms in total. The van der Waals surface area contributed by atoms with Gasteiger partial charge in [-0.25, -0.2) is 0 Å². The van der Waals surface area contributed by atoms with Crippen LogP contribution in [0.2, 0.25) is 0 Å². The van der Waals surface area contributed by atoms with Crippen LogP contribution in [0.5, 0.6) is 0 Å². The van der Waals surface area contributed by atoms with Crippen LogP contribution in [0, 0.1) is 0 Å². The predicted molar refractivity (Wildman–Crippen MR) is 212 cm³/mol. The molecule has 1 aliphatic carbocycles. The zero-order valence-electron chi connectivity index (χ0n) is 27.4. The molecule has 49 heavy (non-hydrogen) atoms. The maximum absolute atomic E-state index is 2.47. The van der Waals surface area contributed by atoms with Gasteiger partial charge in [-0.05, 0) is 104 Å². The van der Waals surface area contributed by atoms with Crippen molar-refractivity contribution in [2.45, 2.75) is 19.3 Å². The molecule has 1 heterocycles. The molecule has 1 aromatic heterocycles. The summed E-state index contributed by atoms with van der Waals surface area (Å²) in [6, 6.07) is 60.8. The molecule has 2 heteroatoms. The quantitative estimate of drug-likeness (QED) is 0.184. The molecular formula is C47H33NS. The molecule has 0 amide bonds. The van der Waals surface area contributed by atoms with Crippen LogP contribution in [-0.4, -0.2) is 0 Å². The third-order valence-corrected chi connectivity index (χ3v) is 11.7. The molecular weight excluding hydrogens is 611 g/mol. The van der Waals surface area contributed by atoms with E-state index in [0.29, 0.717) is 0 Å². The first-order valence-corrected chi connectivity index (χ1v) is 17.8. The van der Waals surface area contributed by atoms with E-state index in [2.05, 4.69) is 183 Å². The molecule has 0 fully saturated rings. The summed E-state index contributed by atoms with van der Waals surface area (Å²) in [7, 11) is 0. The summed E-state index contributed by atoms with van der Waals surface area (Å²) in [5.74, 6) is 0. The number of hydrogen-bond donors (Lipinski definition) is 0. The summed E-state index contributed by atoms with van der Waals surface area (Å²) >= 11 is 1.88. The van der Waals surface area contributed by atoms with Crippen molar-refractivity contribution in [2.24, 2.45) is 0 Å². The van der Waals surface area contributed by atoms with Crippen molar-refractivity contribution in [3.8, 4) is 22.3 Å². The van der Waals surface area contributed by atoms with E-state index in [1.54, 1.807) is 0 Å². The van der Waals surface area contributed by atoms with E-state index in [-0.39, 0.29) is 5.41 Å². The molecule has 0 aliphatic heterocycles. The van der Waals surface area contributed by atoms with Gasteiger partial charge in [0.15, 0.2) is 0 Å². The number of benzene rings is 8. The lowest BCUT2D eigenvalue weighted by Crippen LogP contribution is -2.16. The van der Waals surface area contributed by atoms with Gasteiger partial charge in [0, 0.05) is 42.5 Å². The fourth-order valence-corrected chi connectivity index (χ4v) is 9.26. The van der Waals surface area contributed by atoms with Crippen molar-refractivity contribution < 1.29 is 0 Å². The Kier molecular flexibility index (Phi) is 6.16. The van der Waals surface area contributed by atoms with Crippen LogP contribution in [0.3, 0.4) is 0 Å². The summed E-state index contributed by atoms with van der Waals surface area (Å²) in [6.07, 6.45) is 0. The van der Waals surface area contributed by atoms with E-state index in [9.17, 15) is 0 Å². The van der Waals surface area contributed by atoms with E-state index in [1.807, 2.05) is 11.3 Å². The lowest BCUT2D eigenvalue weighted by molar-refractivity contribution is 0.660. The molecule has 0 radical (unpaired) electrons. The SMILES string of the molecule is CC1(C)c2ccccc2-c2ccc(N(c3ccc4cc5c(cc4c3)sc3ccccc35)c3ccccc3-c3ccc4ccccc4c3)cc21. The number of nitrogens with zero attached hydrogens (tertiary/aromatic N) is 1. The number of para-hydroxylation sites is 1. The van der Waals surface area contributed by atoms with Crippen LogP contribution in [-0.2, 0) is 5.41 Å². The molecule has 1 aliphatic rings. The summed E-state index contributed by atoms with van der Waals surface area (Å²) in [6.45, 7) is 4.72. The van der Waals surface area contributed by atoms with Gasteiger partial charge in [0.05, 0.1) is 5.69 Å². The molecule has 232 valence electrons. The van der Waals surface area contributed by atoms with Crippen molar-refractivity contribution in [3.05, 3.63) is 175 Å². The Morgan fingerprint density at radius 1 is 0.429 bits per heavy atom. The highest BCUT2D eigenvalue weighted by atomic mass is 32.1. The number of anilines is 3. The number of hydrogen-bond acceptors (Lipinski definition) is 2. The standard InChI is InChI=1S/C47H33NS/c1-47(2)42-16-8-5-14-38(42)39-24-23-36(29-43(39)47)48(44-17-9-6-13-37(44)33-20-19-30-11-3-4-12-31(30)25-33)35-22-21-32-27-41-40-15-7-10-18-45(40)49-46(41)28-34(32)26-35/h3-29H,1-2H3. The molecule has 8 aromatic carbocycles. The number of rotatable bonds is 4. The fourth-order valence-electron chi connectivity index (χ4n) is 8.12. The number of fused-ring (bicyclic) bond motifs is 8. The molecule has 0 atom stereocenters. The monoisotopic (exact) mass is 643 g/mol.